The van der Waals surface area contributed by atoms with Gasteiger partial charge in [-0.05, 0) is 55.3 Å². The summed E-state index contributed by atoms with van der Waals surface area (Å²) in [5.41, 5.74) is 8.14. The summed E-state index contributed by atoms with van der Waals surface area (Å²) in [5, 5.41) is 0. The average Bonchev–Trinajstić information content (AvgIpc) is 2.74. The van der Waals surface area contributed by atoms with Gasteiger partial charge in [0.1, 0.15) is 0 Å². The first kappa shape index (κ1) is 14.4. The van der Waals surface area contributed by atoms with E-state index >= 15 is 0 Å². The maximum atomic E-state index is 12.9. The Bertz CT molecular complexity index is 805. The van der Waals surface area contributed by atoms with Crippen molar-refractivity contribution in [3.8, 4) is 0 Å². The van der Waals surface area contributed by atoms with Gasteiger partial charge in [0.2, 0.25) is 0 Å². The summed E-state index contributed by atoms with van der Waals surface area (Å²) >= 11 is 3.32. The van der Waals surface area contributed by atoms with Crippen LogP contribution in [0.25, 0.3) is 0 Å². The number of hydrogen-bond donors (Lipinski definition) is 1. The van der Waals surface area contributed by atoms with E-state index in [0.717, 1.165) is 15.7 Å². The molecular weight excluding hydrogens is 352 g/mol. The Balaban J connectivity index is 2.12. The average molecular weight is 367 g/mol. The van der Waals surface area contributed by atoms with Crippen LogP contribution in [-0.4, -0.2) is 14.5 Å². The van der Waals surface area contributed by atoms with Gasteiger partial charge in [0, 0.05) is 16.2 Å². The molecule has 2 aromatic rings. The fourth-order valence-corrected chi connectivity index (χ4v) is 5.02. The third kappa shape index (κ3) is 2.42. The second kappa shape index (κ2) is 5.03. The molecule has 0 saturated heterocycles. The fraction of sp³-hybridized carbons (Fsp3) is 0.200. The Morgan fingerprint density at radius 1 is 1.24 bits per heavy atom. The Morgan fingerprint density at radius 3 is 2.71 bits per heavy atom. The van der Waals surface area contributed by atoms with Gasteiger partial charge < -0.3 is 5.73 Å². The van der Waals surface area contributed by atoms with Crippen LogP contribution >= 0.6 is 15.9 Å². The van der Waals surface area contributed by atoms with Crippen LogP contribution in [0.4, 0.5) is 11.4 Å². The molecule has 1 heterocycles. The largest absolute Gasteiger partial charge is 0.399 e. The lowest BCUT2D eigenvalue weighted by molar-refractivity contribution is 0.584. The second-order valence-electron chi connectivity index (χ2n) is 5.20. The molecule has 1 unspecified atom stereocenters. The summed E-state index contributed by atoms with van der Waals surface area (Å²) in [6, 6.07) is 12.0. The molecule has 2 N–H and O–H groups in total. The first-order valence-corrected chi connectivity index (χ1v) is 8.81. The van der Waals surface area contributed by atoms with Crippen LogP contribution < -0.4 is 10.0 Å². The van der Waals surface area contributed by atoms with E-state index in [2.05, 4.69) is 15.9 Å². The molecule has 1 atom stereocenters. The van der Waals surface area contributed by atoms with Crippen molar-refractivity contribution in [2.24, 2.45) is 0 Å². The number of halogens is 1. The lowest BCUT2D eigenvalue weighted by Crippen LogP contribution is -2.35. The molecule has 110 valence electrons. The van der Waals surface area contributed by atoms with Crippen LogP contribution in [0, 0.1) is 0 Å². The van der Waals surface area contributed by atoms with Gasteiger partial charge in [-0.2, -0.15) is 0 Å². The fourth-order valence-electron chi connectivity index (χ4n) is 2.73. The SMILES string of the molecule is CC1Cc2cc(N)ccc2N1S(=O)(=O)c1cccc(Br)c1. The van der Waals surface area contributed by atoms with Crippen LogP contribution in [0.3, 0.4) is 0 Å². The third-order valence-corrected chi connectivity index (χ3v) is 6.03. The summed E-state index contributed by atoms with van der Waals surface area (Å²) in [4.78, 5) is 0.286. The minimum atomic E-state index is -3.57. The van der Waals surface area contributed by atoms with Gasteiger partial charge in [-0.3, -0.25) is 4.31 Å². The van der Waals surface area contributed by atoms with Gasteiger partial charge in [-0.1, -0.05) is 22.0 Å². The molecule has 0 spiro atoms. The van der Waals surface area contributed by atoms with Gasteiger partial charge in [0.05, 0.1) is 10.6 Å². The molecule has 0 aliphatic carbocycles. The van der Waals surface area contributed by atoms with Crippen LogP contribution in [-0.2, 0) is 16.4 Å². The number of hydrogen-bond acceptors (Lipinski definition) is 3. The van der Waals surface area contributed by atoms with E-state index in [9.17, 15) is 8.42 Å². The number of nitrogen functional groups attached to an aromatic ring is 1. The normalized spacial score (nSPS) is 17.8. The Hall–Kier alpha value is -1.53. The first-order chi connectivity index (χ1) is 9.89. The molecule has 3 rings (SSSR count). The first-order valence-electron chi connectivity index (χ1n) is 6.58. The van der Waals surface area contributed by atoms with Crippen molar-refractivity contribution < 1.29 is 8.42 Å². The molecule has 0 bridgehead atoms. The predicted octanol–water partition coefficient (Wildman–Crippen LogP) is 3.17. The molecule has 0 aromatic heterocycles. The molecular formula is C15H15BrN2O2S. The van der Waals surface area contributed by atoms with E-state index in [1.54, 1.807) is 36.4 Å². The maximum Gasteiger partial charge on any atom is 0.264 e. The van der Waals surface area contributed by atoms with Crippen LogP contribution in [0.15, 0.2) is 51.8 Å². The van der Waals surface area contributed by atoms with Crippen molar-refractivity contribution in [1.82, 2.24) is 0 Å². The molecule has 0 saturated carbocycles. The monoisotopic (exact) mass is 366 g/mol. The summed E-state index contributed by atoms with van der Waals surface area (Å²) in [6.07, 6.45) is 0.674. The minimum Gasteiger partial charge on any atom is -0.399 e. The Labute approximate surface area is 132 Å². The lowest BCUT2D eigenvalue weighted by Gasteiger charge is -2.24. The Morgan fingerprint density at radius 2 is 2.00 bits per heavy atom. The van der Waals surface area contributed by atoms with Gasteiger partial charge in [0.25, 0.3) is 10.0 Å². The van der Waals surface area contributed by atoms with Crippen molar-refractivity contribution in [1.29, 1.82) is 0 Å². The molecule has 0 radical (unpaired) electrons. The number of benzene rings is 2. The number of nitrogens with two attached hydrogens (primary N) is 1. The highest BCUT2D eigenvalue weighted by molar-refractivity contribution is 9.10. The van der Waals surface area contributed by atoms with E-state index < -0.39 is 10.0 Å². The van der Waals surface area contributed by atoms with Crippen molar-refractivity contribution in [2.45, 2.75) is 24.3 Å². The highest BCUT2D eigenvalue weighted by Crippen LogP contribution is 2.37. The molecule has 6 heteroatoms. The quantitative estimate of drug-likeness (QED) is 0.830. The smallest absolute Gasteiger partial charge is 0.264 e. The molecule has 0 fully saturated rings. The summed E-state index contributed by atoms with van der Waals surface area (Å²) in [5.74, 6) is 0. The van der Waals surface area contributed by atoms with Crippen LogP contribution in [0.2, 0.25) is 0 Å². The molecule has 4 nitrogen and oxygen atoms in total. The lowest BCUT2D eigenvalue weighted by atomic mass is 10.1. The van der Waals surface area contributed by atoms with E-state index in [-0.39, 0.29) is 10.9 Å². The van der Waals surface area contributed by atoms with Gasteiger partial charge in [0.15, 0.2) is 0 Å². The topological polar surface area (TPSA) is 63.4 Å². The standard InChI is InChI=1S/C15H15BrN2O2S/c1-10-7-11-8-13(17)5-6-15(11)18(10)21(19,20)14-4-2-3-12(16)9-14/h2-6,8-10H,7,17H2,1H3. The number of fused-ring (bicyclic) bond motifs is 1. The van der Waals surface area contributed by atoms with Crippen molar-refractivity contribution >= 4 is 37.3 Å². The second-order valence-corrected chi connectivity index (χ2v) is 7.93. The van der Waals surface area contributed by atoms with Gasteiger partial charge >= 0.3 is 0 Å². The molecule has 0 amide bonds. The van der Waals surface area contributed by atoms with Crippen LogP contribution in [0.5, 0.6) is 0 Å². The summed E-state index contributed by atoms with van der Waals surface area (Å²) < 4.78 is 28.1. The van der Waals surface area contributed by atoms with Crippen molar-refractivity contribution in [2.75, 3.05) is 10.0 Å². The van der Waals surface area contributed by atoms with E-state index in [1.807, 2.05) is 13.0 Å². The van der Waals surface area contributed by atoms with E-state index in [1.165, 1.54) is 4.31 Å². The highest BCUT2D eigenvalue weighted by Gasteiger charge is 2.36. The zero-order valence-electron chi connectivity index (χ0n) is 11.5. The number of anilines is 2. The zero-order valence-corrected chi connectivity index (χ0v) is 13.9. The summed E-state index contributed by atoms with van der Waals surface area (Å²) in [7, 11) is -3.57. The molecule has 1 aliphatic rings. The third-order valence-electron chi connectivity index (χ3n) is 3.61. The number of sulfonamides is 1. The molecule has 1 aliphatic heterocycles. The van der Waals surface area contributed by atoms with Crippen molar-refractivity contribution in [3.63, 3.8) is 0 Å². The van der Waals surface area contributed by atoms with Gasteiger partial charge in [-0.25, -0.2) is 8.42 Å². The zero-order chi connectivity index (χ0) is 15.2. The highest BCUT2D eigenvalue weighted by atomic mass is 79.9. The molecule has 2 aromatic carbocycles. The number of nitrogens with zero attached hydrogens (tertiary/aromatic N) is 1. The van der Waals surface area contributed by atoms with Gasteiger partial charge in [-0.15, -0.1) is 0 Å². The molecule has 21 heavy (non-hydrogen) atoms. The van der Waals surface area contributed by atoms with Crippen LogP contribution in [0.1, 0.15) is 12.5 Å². The van der Waals surface area contributed by atoms with Crippen molar-refractivity contribution in [3.05, 3.63) is 52.5 Å². The predicted molar refractivity (Wildman–Crippen MR) is 87.8 cm³/mol. The maximum absolute atomic E-state index is 12.9. The van der Waals surface area contributed by atoms with E-state index in [0.29, 0.717) is 12.1 Å². The number of rotatable bonds is 2. The Kier molecular flexibility index (Phi) is 3.45. The summed E-state index contributed by atoms with van der Waals surface area (Å²) in [6.45, 7) is 1.91. The van der Waals surface area contributed by atoms with E-state index in [4.69, 9.17) is 5.73 Å². The minimum absolute atomic E-state index is 0.120.